The fourth-order valence-corrected chi connectivity index (χ4v) is 4.65. The lowest BCUT2D eigenvalue weighted by Crippen LogP contribution is -2.40. The molecule has 4 aromatic rings. The van der Waals surface area contributed by atoms with Crippen LogP contribution in [0.1, 0.15) is 33.7 Å². The van der Waals surface area contributed by atoms with E-state index >= 15 is 0 Å². The number of nitrogens with one attached hydrogen (secondary N) is 1. The molecule has 2 heterocycles. The Bertz CT molecular complexity index is 1280. The summed E-state index contributed by atoms with van der Waals surface area (Å²) in [4.78, 5) is 33.1. The van der Waals surface area contributed by atoms with Gasteiger partial charge >= 0.3 is 0 Å². The molecule has 162 valence electrons. The molecule has 0 radical (unpaired) electrons. The molecule has 0 spiro atoms. The number of fused-ring (bicyclic) bond motifs is 1. The van der Waals surface area contributed by atoms with Gasteiger partial charge in [0, 0.05) is 24.5 Å². The molecule has 0 bridgehead atoms. The number of nitrogens with two attached hydrogens (primary N) is 1. The maximum absolute atomic E-state index is 13.4. The van der Waals surface area contributed by atoms with Gasteiger partial charge in [0.15, 0.2) is 5.13 Å². The van der Waals surface area contributed by atoms with E-state index in [9.17, 15) is 9.59 Å². The van der Waals surface area contributed by atoms with Crippen LogP contribution in [0.15, 0.2) is 65.3 Å². The summed E-state index contributed by atoms with van der Waals surface area (Å²) >= 11 is 1.31. The molecule has 3 N–H and O–H groups in total. The topological polar surface area (TPSA) is 101 Å². The molecule has 1 fully saturated rings. The lowest BCUT2D eigenvalue weighted by molar-refractivity contribution is 0.0732. The number of amides is 2. The standard InChI is InChI=1S/C24H22N4O3S/c25-24-27-20(21(32-24)15-5-2-1-3-6-15)23(30)28(16-9-10-16)13-12-26-22(29)18-7-4-8-19-17(18)11-14-31-19/h1-8,11,14,16H,9-10,12-13H2,(H2,25,27)(H,26,29). The number of nitrogens with zero attached hydrogens (tertiary/aromatic N) is 2. The van der Waals surface area contributed by atoms with Crippen LogP contribution in [0.25, 0.3) is 21.4 Å². The Kier molecular flexibility index (Phi) is 5.36. The van der Waals surface area contributed by atoms with E-state index < -0.39 is 0 Å². The molecule has 8 heteroatoms. The molecule has 7 nitrogen and oxygen atoms in total. The fourth-order valence-electron chi connectivity index (χ4n) is 3.82. The summed E-state index contributed by atoms with van der Waals surface area (Å²) < 4.78 is 5.37. The Hall–Kier alpha value is -3.65. The van der Waals surface area contributed by atoms with Crippen molar-refractivity contribution in [1.29, 1.82) is 0 Å². The molecule has 2 aromatic heterocycles. The first kappa shape index (κ1) is 20.3. The molecule has 1 aliphatic carbocycles. The van der Waals surface area contributed by atoms with Crippen LogP contribution in [-0.4, -0.2) is 40.8 Å². The van der Waals surface area contributed by atoms with Gasteiger partial charge in [-0.05, 0) is 36.6 Å². The van der Waals surface area contributed by atoms with E-state index in [2.05, 4.69) is 10.3 Å². The second-order valence-electron chi connectivity index (χ2n) is 7.72. The van der Waals surface area contributed by atoms with Crippen LogP contribution in [0.4, 0.5) is 5.13 Å². The first-order valence-corrected chi connectivity index (χ1v) is 11.3. The van der Waals surface area contributed by atoms with Crippen molar-refractivity contribution in [1.82, 2.24) is 15.2 Å². The predicted octanol–water partition coefficient (Wildman–Crippen LogP) is 4.17. The van der Waals surface area contributed by atoms with Gasteiger partial charge in [-0.3, -0.25) is 9.59 Å². The van der Waals surface area contributed by atoms with Crippen LogP contribution in [0.3, 0.4) is 0 Å². The minimum Gasteiger partial charge on any atom is -0.464 e. The van der Waals surface area contributed by atoms with Gasteiger partial charge in [0.2, 0.25) is 0 Å². The lowest BCUT2D eigenvalue weighted by Gasteiger charge is -2.22. The Labute approximate surface area is 188 Å². The Morgan fingerprint density at radius 3 is 2.72 bits per heavy atom. The van der Waals surface area contributed by atoms with Crippen molar-refractivity contribution in [3.63, 3.8) is 0 Å². The first-order chi connectivity index (χ1) is 15.6. The summed E-state index contributed by atoms with van der Waals surface area (Å²) in [6, 6.07) is 17.0. The van der Waals surface area contributed by atoms with Crippen molar-refractivity contribution in [2.75, 3.05) is 18.8 Å². The zero-order valence-electron chi connectivity index (χ0n) is 17.3. The molecule has 2 aromatic carbocycles. The number of hydrogen-bond donors (Lipinski definition) is 2. The molecule has 0 saturated heterocycles. The number of carbonyl (C=O) groups is 2. The van der Waals surface area contributed by atoms with Gasteiger partial charge in [-0.25, -0.2) is 4.98 Å². The van der Waals surface area contributed by atoms with Crippen LogP contribution >= 0.6 is 11.3 Å². The predicted molar refractivity (Wildman–Crippen MR) is 125 cm³/mol. The lowest BCUT2D eigenvalue weighted by atomic mass is 10.1. The highest BCUT2D eigenvalue weighted by Crippen LogP contribution is 2.35. The number of aromatic nitrogens is 1. The molecule has 2 amide bonds. The number of carbonyl (C=O) groups excluding carboxylic acids is 2. The third-order valence-corrected chi connectivity index (χ3v) is 6.44. The van der Waals surface area contributed by atoms with Crippen molar-refractivity contribution in [2.45, 2.75) is 18.9 Å². The van der Waals surface area contributed by atoms with Crippen molar-refractivity contribution in [2.24, 2.45) is 0 Å². The summed E-state index contributed by atoms with van der Waals surface area (Å²) in [5.41, 5.74) is 8.48. The Balaban J connectivity index is 1.31. The molecule has 0 aliphatic heterocycles. The molecule has 1 aliphatic rings. The molecule has 5 rings (SSSR count). The Morgan fingerprint density at radius 1 is 1.12 bits per heavy atom. The van der Waals surface area contributed by atoms with Crippen molar-refractivity contribution >= 4 is 39.3 Å². The number of benzene rings is 2. The van der Waals surface area contributed by atoms with Crippen molar-refractivity contribution in [3.8, 4) is 10.4 Å². The number of thiazole rings is 1. The van der Waals surface area contributed by atoms with E-state index in [1.54, 1.807) is 29.4 Å². The molecule has 0 atom stereocenters. The quantitative estimate of drug-likeness (QED) is 0.444. The minimum absolute atomic E-state index is 0.148. The van der Waals surface area contributed by atoms with E-state index in [1.807, 2.05) is 36.4 Å². The summed E-state index contributed by atoms with van der Waals surface area (Å²) in [5.74, 6) is -0.339. The van der Waals surface area contributed by atoms with Gasteiger partial charge in [0.05, 0.1) is 16.7 Å². The third-order valence-electron chi connectivity index (χ3n) is 5.51. The van der Waals surface area contributed by atoms with Crippen LogP contribution in [0, 0.1) is 0 Å². The van der Waals surface area contributed by atoms with Crippen molar-refractivity contribution < 1.29 is 14.0 Å². The van der Waals surface area contributed by atoms with E-state index in [0.29, 0.717) is 35.1 Å². The van der Waals surface area contributed by atoms with Gasteiger partial charge in [0.25, 0.3) is 11.8 Å². The smallest absolute Gasteiger partial charge is 0.274 e. The summed E-state index contributed by atoms with van der Waals surface area (Å²) in [5, 5.41) is 4.07. The number of anilines is 1. The van der Waals surface area contributed by atoms with Gasteiger partial charge in [-0.15, -0.1) is 0 Å². The maximum Gasteiger partial charge on any atom is 0.274 e. The number of hydrogen-bond acceptors (Lipinski definition) is 6. The zero-order chi connectivity index (χ0) is 22.1. The number of nitrogen functional groups attached to an aromatic ring is 1. The van der Waals surface area contributed by atoms with Crippen LogP contribution < -0.4 is 11.1 Å². The van der Waals surface area contributed by atoms with Gasteiger partial charge in [0.1, 0.15) is 11.3 Å². The van der Waals surface area contributed by atoms with Crippen LogP contribution in [0.5, 0.6) is 0 Å². The fraction of sp³-hybridized carbons (Fsp3) is 0.208. The normalized spacial score (nSPS) is 13.2. The molecule has 0 unspecified atom stereocenters. The second-order valence-corrected chi connectivity index (χ2v) is 8.75. The minimum atomic E-state index is -0.192. The van der Waals surface area contributed by atoms with Crippen molar-refractivity contribution in [3.05, 3.63) is 72.1 Å². The van der Waals surface area contributed by atoms with E-state index in [1.165, 1.54) is 11.3 Å². The van der Waals surface area contributed by atoms with Crippen LogP contribution in [-0.2, 0) is 0 Å². The molecule has 1 saturated carbocycles. The van der Waals surface area contributed by atoms with E-state index in [0.717, 1.165) is 28.7 Å². The van der Waals surface area contributed by atoms with E-state index in [-0.39, 0.29) is 17.9 Å². The zero-order valence-corrected chi connectivity index (χ0v) is 18.1. The van der Waals surface area contributed by atoms with Gasteiger partial charge < -0.3 is 20.4 Å². The number of furan rings is 1. The molecule has 32 heavy (non-hydrogen) atoms. The summed E-state index contributed by atoms with van der Waals surface area (Å²) in [6.07, 6.45) is 3.47. The molecular formula is C24H22N4O3S. The second kappa shape index (κ2) is 8.47. The first-order valence-electron chi connectivity index (χ1n) is 10.5. The summed E-state index contributed by atoms with van der Waals surface area (Å²) in [6.45, 7) is 0.748. The number of rotatable bonds is 7. The largest absolute Gasteiger partial charge is 0.464 e. The highest BCUT2D eigenvalue weighted by Gasteiger charge is 2.35. The van der Waals surface area contributed by atoms with Crippen LogP contribution in [0.2, 0.25) is 0 Å². The monoisotopic (exact) mass is 446 g/mol. The third kappa shape index (κ3) is 3.97. The molecular weight excluding hydrogens is 424 g/mol. The SMILES string of the molecule is Nc1nc(C(=O)N(CCNC(=O)c2cccc3occc23)C2CC2)c(-c2ccccc2)s1. The van der Waals surface area contributed by atoms with E-state index in [4.69, 9.17) is 10.2 Å². The average molecular weight is 447 g/mol. The Morgan fingerprint density at radius 2 is 1.94 bits per heavy atom. The van der Waals surface area contributed by atoms with Gasteiger partial charge in [-0.2, -0.15) is 0 Å². The maximum atomic E-state index is 13.4. The highest BCUT2D eigenvalue weighted by atomic mass is 32.1. The summed E-state index contributed by atoms with van der Waals surface area (Å²) in [7, 11) is 0. The highest BCUT2D eigenvalue weighted by molar-refractivity contribution is 7.19. The van der Waals surface area contributed by atoms with Gasteiger partial charge in [-0.1, -0.05) is 47.7 Å². The average Bonchev–Trinajstić information content (AvgIpc) is 3.39.